The van der Waals surface area contributed by atoms with Gasteiger partial charge in [-0.25, -0.2) is 4.79 Å². The molecule has 4 rings (SSSR count). The van der Waals surface area contributed by atoms with Crippen molar-refractivity contribution in [2.45, 2.75) is 33.3 Å². The molecule has 0 aromatic heterocycles. The van der Waals surface area contributed by atoms with Gasteiger partial charge in [-0.3, -0.25) is 4.79 Å². The van der Waals surface area contributed by atoms with E-state index in [0.29, 0.717) is 17.5 Å². The quantitative estimate of drug-likeness (QED) is 0.621. The minimum absolute atomic E-state index is 0.182. The monoisotopic (exact) mass is 385 g/mol. The lowest BCUT2D eigenvalue weighted by atomic mass is 9.93. The van der Waals surface area contributed by atoms with Gasteiger partial charge in [0.15, 0.2) is 0 Å². The van der Waals surface area contributed by atoms with Crippen molar-refractivity contribution in [2.24, 2.45) is 0 Å². The van der Waals surface area contributed by atoms with Crippen LogP contribution in [0.3, 0.4) is 0 Å². The number of carbonyl (C=O) groups is 2. The average molecular weight is 385 g/mol. The van der Waals surface area contributed by atoms with Gasteiger partial charge in [-0.2, -0.15) is 0 Å². The molecule has 0 fully saturated rings. The molecule has 1 heterocycles. The summed E-state index contributed by atoms with van der Waals surface area (Å²) in [6.07, 6.45) is 0.213. The molecule has 1 amide bonds. The summed E-state index contributed by atoms with van der Waals surface area (Å²) in [7, 11) is 0. The second-order valence-electron chi connectivity index (χ2n) is 7.61. The van der Waals surface area contributed by atoms with Gasteiger partial charge in [-0.15, -0.1) is 0 Å². The van der Waals surface area contributed by atoms with Crippen molar-refractivity contribution in [3.8, 4) is 0 Å². The van der Waals surface area contributed by atoms with Crippen LogP contribution in [0.1, 0.15) is 54.6 Å². The van der Waals surface area contributed by atoms with Crippen molar-refractivity contribution in [3.05, 3.63) is 99.6 Å². The molecule has 1 atom stereocenters. The zero-order valence-corrected chi connectivity index (χ0v) is 16.8. The van der Waals surface area contributed by atoms with Crippen molar-refractivity contribution >= 4 is 17.6 Å². The number of benzene rings is 3. The third-order valence-electron chi connectivity index (χ3n) is 5.33. The van der Waals surface area contributed by atoms with Crippen LogP contribution in [0.25, 0.3) is 0 Å². The first kappa shape index (κ1) is 18.9. The average Bonchev–Trinajstić information content (AvgIpc) is 2.70. The molecular formula is C25H23NO3. The Balaban J connectivity index is 1.61. The number of cyclic esters (lactones) is 1. The van der Waals surface area contributed by atoms with E-state index in [1.165, 1.54) is 0 Å². The second kappa shape index (κ2) is 7.55. The van der Waals surface area contributed by atoms with Crippen LogP contribution in [0.4, 0.5) is 5.69 Å². The number of amides is 1. The molecule has 29 heavy (non-hydrogen) atoms. The lowest BCUT2D eigenvalue weighted by Gasteiger charge is -2.25. The Bertz CT molecular complexity index is 1080. The number of hydrogen-bond acceptors (Lipinski definition) is 3. The van der Waals surface area contributed by atoms with Gasteiger partial charge in [-0.1, -0.05) is 48.0 Å². The van der Waals surface area contributed by atoms with Gasteiger partial charge in [-0.05, 0) is 61.2 Å². The van der Waals surface area contributed by atoms with E-state index in [1.807, 2.05) is 51.1 Å². The molecular weight excluding hydrogens is 362 g/mol. The van der Waals surface area contributed by atoms with Crippen LogP contribution in [0.2, 0.25) is 0 Å². The molecule has 0 bridgehead atoms. The molecule has 4 heteroatoms. The van der Waals surface area contributed by atoms with Crippen LogP contribution in [0.5, 0.6) is 0 Å². The second-order valence-corrected chi connectivity index (χ2v) is 7.61. The number of nitrogens with one attached hydrogen (secondary N) is 1. The van der Waals surface area contributed by atoms with Crippen LogP contribution in [-0.2, 0) is 11.2 Å². The molecule has 1 unspecified atom stereocenters. The molecule has 4 nitrogen and oxygen atoms in total. The van der Waals surface area contributed by atoms with E-state index in [0.717, 1.165) is 33.5 Å². The minimum atomic E-state index is -0.350. The van der Waals surface area contributed by atoms with Gasteiger partial charge in [0.1, 0.15) is 6.10 Å². The molecule has 1 N–H and O–H groups in total. The maximum absolute atomic E-state index is 12.9. The molecule has 0 aliphatic carbocycles. The Labute approximate surface area is 170 Å². The summed E-state index contributed by atoms with van der Waals surface area (Å²) < 4.78 is 5.60. The lowest BCUT2D eigenvalue weighted by Crippen LogP contribution is -2.23. The highest BCUT2D eigenvalue weighted by molar-refractivity contribution is 6.06. The smallest absolute Gasteiger partial charge is 0.339 e. The Morgan fingerprint density at radius 2 is 1.66 bits per heavy atom. The van der Waals surface area contributed by atoms with Gasteiger partial charge in [0, 0.05) is 17.7 Å². The molecule has 3 aromatic carbocycles. The van der Waals surface area contributed by atoms with Gasteiger partial charge in [0.05, 0.1) is 5.56 Å². The molecule has 0 radical (unpaired) electrons. The molecule has 1 aliphatic rings. The largest absolute Gasteiger partial charge is 0.454 e. The SMILES string of the molecule is Cc1cc(C)c(NC(=O)c2ccc3c(c2)CC(c2ccccc2)OC3=O)c(C)c1. The third-order valence-corrected chi connectivity index (χ3v) is 5.33. The number of carbonyl (C=O) groups excluding carboxylic acids is 2. The first-order chi connectivity index (χ1) is 13.9. The third kappa shape index (κ3) is 3.79. The van der Waals surface area contributed by atoms with Crippen LogP contribution < -0.4 is 5.32 Å². The van der Waals surface area contributed by atoms with E-state index in [1.54, 1.807) is 18.2 Å². The summed E-state index contributed by atoms with van der Waals surface area (Å²) in [5.41, 5.74) is 6.90. The van der Waals surface area contributed by atoms with E-state index >= 15 is 0 Å². The fourth-order valence-corrected chi connectivity index (χ4v) is 3.95. The Hall–Kier alpha value is -3.40. The summed E-state index contributed by atoms with van der Waals surface area (Å²) in [5.74, 6) is -0.532. The Morgan fingerprint density at radius 3 is 2.34 bits per heavy atom. The van der Waals surface area contributed by atoms with E-state index < -0.39 is 0 Å². The van der Waals surface area contributed by atoms with Crippen molar-refractivity contribution in [1.29, 1.82) is 0 Å². The summed E-state index contributed by atoms with van der Waals surface area (Å²) >= 11 is 0. The number of hydrogen-bond donors (Lipinski definition) is 1. The van der Waals surface area contributed by atoms with Crippen LogP contribution in [0.15, 0.2) is 60.7 Å². The Kier molecular flexibility index (Phi) is 4.93. The fraction of sp³-hybridized carbons (Fsp3) is 0.200. The van der Waals surface area contributed by atoms with Gasteiger partial charge in [0.2, 0.25) is 0 Å². The highest BCUT2D eigenvalue weighted by Gasteiger charge is 2.28. The number of esters is 1. The highest BCUT2D eigenvalue weighted by Crippen LogP contribution is 2.31. The summed E-state index contributed by atoms with van der Waals surface area (Å²) in [5, 5.41) is 3.03. The van der Waals surface area contributed by atoms with Crippen LogP contribution >= 0.6 is 0 Å². The van der Waals surface area contributed by atoms with Crippen molar-refractivity contribution in [3.63, 3.8) is 0 Å². The number of rotatable bonds is 3. The fourth-order valence-electron chi connectivity index (χ4n) is 3.95. The maximum Gasteiger partial charge on any atom is 0.339 e. The number of anilines is 1. The predicted octanol–water partition coefficient (Wildman–Crippen LogP) is 5.32. The van der Waals surface area contributed by atoms with Crippen molar-refractivity contribution in [1.82, 2.24) is 0 Å². The highest BCUT2D eigenvalue weighted by atomic mass is 16.5. The van der Waals surface area contributed by atoms with E-state index in [2.05, 4.69) is 17.4 Å². The van der Waals surface area contributed by atoms with E-state index in [4.69, 9.17) is 4.74 Å². The zero-order chi connectivity index (χ0) is 20.5. The minimum Gasteiger partial charge on any atom is -0.454 e. The normalized spacial score (nSPS) is 15.4. The first-order valence-corrected chi connectivity index (χ1v) is 9.70. The summed E-state index contributed by atoms with van der Waals surface area (Å²) in [4.78, 5) is 25.3. The molecule has 3 aromatic rings. The summed E-state index contributed by atoms with van der Waals surface area (Å²) in [6.45, 7) is 6.02. The molecule has 0 saturated heterocycles. The zero-order valence-electron chi connectivity index (χ0n) is 16.8. The molecule has 0 saturated carbocycles. The molecule has 146 valence electrons. The van der Waals surface area contributed by atoms with Crippen molar-refractivity contribution < 1.29 is 14.3 Å². The number of aryl methyl sites for hydroxylation is 3. The topological polar surface area (TPSA) is 55.4 Å². The van der Waals surface area contributed by atoms with Gasteiger partial charge < -0.3 is 10.1 Å². The lowest BCUT2D eigenvalue weighted by molar-refractivity contribution is 0.0252. The van der Waals surface area contributed by atoms with Gasteiger partial charge in [0.25, 0.3) is 5.91 Å². The Morgan fingerprint density at radius 1 is 0.966 bits per heavy atom. The molecule has 0 spiro atoms. The molecule has 1 aliphatic heterocycles. The van der Waals surface area contributed by atoms with Gasteiger partial charge >= 0.3 is 5.97 Å². The maximum atomic E-state index is 12.9. The van der Waals surface area contributed by atoms with Crippen LogP contribution in [-0.4, -0.2) is 11.9 Å². The van der Waals surface area contributed by atoms with E-state index in [-0.39, 0.29) is 18.0 Å². The standard InChI is InChI=1S/C25H23NO3/c1-15-11-16(2)23(17(3)12-15)26-24(27)19-9-10-21-20(13-19)14-22(29-25(21)28)18-7-5-4-6-8-18/h4-13,22H,14H2,1-3H3,(H,26,27). The summed E-state index contributed by atoms with van der Waals surface area (Å²) in [6, 6.07) is 18.9. The van der Waals surface area contributed by atoms with E-state index in [9.17, 15) is 9.59 Å². The van der Waals surface area contributed by atoms with Crippen molar-refractivity contribution in [2.75, 3.05) is 5.32 Å². The number of ether oxygens (including phenoxy) is 1. The predicted molar refractivity (Wildman–Crippen MR) is 113 cm³/mol. The van der Waals surface area contributed by atoms with Crippen LogP contribution in [0, 0.1) is 20.8 Å². The number of fused-ring (bicyclic) bond motifs is 1. The first-order valence-electron chi connectivity index (χ1n) is 9.70.